The van der Waals surface area contributed by atoms with Gasteiger partial charge in [-0.1, -0.05) is 18.2 Å². The molecule has 0 bridgehead atoms. The van der Waals surface area contributed by atoms with E-state index in [0.717, 1.165) is 12.8 Å². The molecule has 0 saturated heterocycles. The van der Waals surface area contributed by atoms with Crippen LogP contribution in [0.4, 0.5) is 4.39 Å². The third kappa shape index (κ3) is 1.99. The van der Waals surface area contributed by atoms with Gasteiger partial charge in [-0.25, -0.2) is 4.39 Å². The summed E-state index contributed by atoms with van der Waals surface area (Å²) in [6.45, 7) is 1.72. The van der Waals surface area contributed by atoms with Crippen LogP contribution < -0.4 is 0 Å². The van der Waals surface area contributed by atoms with E-state index in [-0.39, 0.29) is 11.6 Å². The first kappa shape index (κ1) is 10.1. The number of hydrogen-bond acceptors (Lipinski definition) is 1. The number of carbonyl (C=O) groups excluding carboxylic acids is 1. The van der Waals surface area contributed by atoms with E-state index in [4.69, 9.17) is 0 Å². The van der Waals surface area contributed by atoms with Crippen molar-refractivity contribution in [2.75, 3.05) is 0 Å². The second-order valence-electron chi connectivity index (χ2n) is 3.90. The maximum Gasteiger partial charge on any atom is 0.163 e. The van der Waals surface area contributed by atoms with Crippen molar-refractivity contribution < 1.29 is 9.18 Å². The molecule has 0 atom stereocenters. The number of hydrogen-bond donors (Lipinski definition) is 0. The zero-order valence-corrected chi connectivity index (χ0v) is 8.72. The van der Waals surface area contributed by atoms with Gasteiger partial charge < -0.3 is 0 Å². The quantitative estimate of drug-likeness (QED) is 0.686. The lowest BCUT2D eigenvalue weighted by Gasteiger charge is -2.12. The van der Waals surface area contributed by atoms with Gasteiger partial charge in [0.1, 0.15) is 5.82 Å². The molecule has 1 aliphatic carbocycles. The van der Waals surface area contributed by atoms with Gasteiger partial charge in [0.15, 0.2) is 5.78 Å². The van der Waals surface area contributed by atoms with Crippen LogP contribution in [0.3, 0.4) is 0 Å². The van der Waals surface area contributed by atoms with E-state index in [0.29, 0.717) is 23.1 Å². The Balaban J connectivity index is 2.41. The van der Waals surface area contributed by atoms with Crippen molar-refractivity contribution >= 4 is 11.4 Å². The Morgan fingerprint density at radius 3 is 2.80 bits per heavy atom. The number of allylic oxidation sites excluding steroid dienone is 2. The topological polar surface area (TPSA) is 17.1 Å². The Morgan fingerprint density at radius 1 is 1.33 bits per heavy atom. The zero-order valence-electron chi connectivity index (χ0n) is 8.72. The average Bonchev–Trinajstić information content (AvgIpc) is 2.23. The molecule has 0 amide bonds. The number of carbonyl (C=O) groups is 1. The van der Waals surface area contributed by atoms with Crippen LogP contribution in [0.25, 0.3) is 5.57 Å². The van der Waals surface area contributed by atoms with Gasteiger partial charge in [0.25, 0.3) is 0 Å². The summed E-state index contributed by atoms with van der Waals surface area (Å²) in [5.74, 6) is -0.115. The molecule has 0 radical (unpaired) electrons. The molecule has 2 heteroatoms. The van der Waals surface area contributed by atoms with E-state index in [1.165, 1.54) is 6.07 Å². The summed E-state index contributed by atoms with van der Waals surface area (Å²) >= 11 is 0. The van der Waals surface area contributed by atoms with Crippen LogP contribution in [0.1, 0.15) is 30.4 Å². The number of halogens is 1. The fourth-order valence-corrected chi connectivity index (χ4v) is 1.80. The Bertz CT molecular complexity index is 432. The smallest absolute Gasteiger partial charge is 0.163 e. The molecule has 1 aromatic carbocycles. The van der Waals surface area contributed by atoms with Gasteiger partial charge in [-0.15, -0.1) is 0 Å². The predicted octanol–water partition coefficient (Wildman–Crippen LogP) is 3.27. The maximum atomic E-state index is 13.3. The van der Waals surface area contributed by atoms with Gasteiger partial charge in [0.2, 0.25) is 0 Å². The van der Waals surface area contributed by atoms with E-state index < -0.39 is 0 Å². The monoisotopic (exact) mass is 204 g/mol. The molecule has 0 saturated carbocycles. The number of ketones is 1. The van der Waals surface area contributed by atoms with Crippen molar-refractivity contribution in [3.8, 4) is 0 Å². The summed E-state index contributed by atoms with van der Waals surface area (Å²) in [4.78, 5) is 11.6. The number of aryl methyl sites for hydroxylation is 1. The summed E-state index contributed by atoms with van der Waals surface area (Å²) in [6, 6.07) is 4.98. The lowest BCUT2D eigenvalue weighted by atomic mass is 9.92. The van der Waals surface area contributed by atoms with Crippen molar-refractivity contribution in [2.45, 2.75) is 26.2 Å². The molecule has 2 rings (SSSR count). The molecule has 1 aromatic rings. The molecule has 0 fully saturated rings. The largest absolute Gasteiger partial charge is 0.294 e. The summed E-state index contributed by atoms with van der Waals surface area (Å²) < 4.78 is 13.3. The third-order valence-electron chi connectivity index (χ3n) is 2.74. The molecular weight excluding hydrogens is 191 g/mol. The van der Waals surface area contributed by atoms with Gasteiger partial charge in [-0.2, -0.15) is 0 Å². The lowest BCUT2D eigenvalue weighted by Crippen LogP contribution is -2.06. The normalized spacial score (nSPS) is 16.4. The second kappa shape index (κ2) is 3.97. The Hall–Kier alpha value is -1.44. The Kier molecular flexibility index (Phi) is 2.67. The lowest BCUT2D eigenvalue weighted by molar-refractivity contribution is -0.114. The zero-order chi connectivity index (χ0) is 10.8. The van der Waals surface area contributed by atoms with Crippen LogP contribution in [-0.4, -0.2) is 5.78 Å². The summed E-state index contributed by atoms with van der Waals surface area (Å²) in [6.07, 6.45) is 4.32. The van der Waals surface area contributed by atoms with Crippen LogP contribution in [0.15, 0.2) is 24.3 Å². The summed E-state index contributed by atoms with van der Waals surface area (Å²) in [5.41, 5.74) is 2.01. The molecule has 0 unspecified atom stereocenters. The number of benzene rings is 1. The molecule has 0 aromatic heterocycles. The molecule has 0 spiro atoms. The second-order valence-corrected chi connectivity index (χ2v) is 3.90. The van der Waals surface area contributed by atoms with Gasteiger partial charge in [-0.05, 0) is 37.0 Å². The third-order valence-corrected chi connectivity index (χ3v) is 2.74. The molecular formula is C13H13FO. The summed E-state index contributed by atoms with van der Waals surface area (Å²) in [5, 5.41) is 0. The minimum Gasteiger partial charge on any atom is -0.294 e. The SMILES string of the molecule is Cc1ccc(C2=CCCCC2=O)cc1F. The van der Waals surface area contributed by atoms with Crippen LogP contribution in [-0.2, 0) is 4.79 Å². The van der Waals surface area contributed by atoms with Gasteiger partial charge >= 0.3 is 0 Å². The molecule has 0 N–H and O–H groups in total. The Morgan fingerprint density at radius 2 is 2.13 bits per heavy atom. The minimum absolute atomic E-state index is 0.129. The van der Waals surface area contributed by atoms with Crippen molar-refractivity contribution in [3.63, 3.8) is 0 Å². The van der Waals surface area contributed by atoms with Gasteiger partial charge in [0.05, 0.1) is 0 Å². The first-order valence-corrected chi connectivity index (χ1v) is 5.18. The standard InChI is InChI=1S/C13H13FO/c1-9-6-7-10(8-12(9)14)11-4-2-3-5-13(11)15/h4,6-8H,2-3,5H2,1H3. The van der Waals surface area contributed by atoms with Crippen molar-refractivity contribution in [3.05, 3.63) is 41.2 Å². The van der Waals surface area contributed by atoms with Crippen LogP contribution in [0.5, 0.6) is 0 Å². The van der Waals surface area contributed by atoms with Crippen molar-refractivity contribution in [1.29, 1.82) is 0 Å². The molecule has 15 heavy (non-hydrogen) atoms. The highest BCUT2D eigenvalue weighted by atomic mass is 19.1. The highest BCUT2D eigenvalue weighted by Gasteiger charge is 2.15. The van der Waals surface area contributed by atoms with E-state index in [1.807, 2.05) is 12.1 Å². The van der Waals surface area contributed by atoms with Crippen molar-refractivity contribution in [2.24, 2.45) is 0 Å². The highest BCUT2D eigenvalue weighted by molar-refractivity contribution is 6.21. The van der Waals surface area contributed by atoms with Crippen molar-refractivity contribution in [1.82, 2.24) is 0 Å². The highest BCUT2D eigenvalue weighted by Crippen LogP contribution is 2.24. The van der Waals surface area contributed by atoms with Crippen LogP contribution in [0, 0.1) is 12.7 Å². The van der Waals surface area contributed by atoms with E-state index in [2.05, 4.69) is 0 Å². The predicted molar refractivity (Wildman–Crippen MR) is 58.0 cm³/mol. The minimum atomic E-state index is -0.244. The molecule has 0 aliphatic heterocycles. The van der Waals surface area contributed by atoms with E-state index >= 15 is 0 Å². The van der Waals surface area contributed by atoms with E-state index in [1.54, 1.807) is 13.0 Å². The fourth-order valence-electron chi connectivity index (χ4n) is 1.80. The van der Waals surface area contributed by atoms with E-state index in [9.17, 15) is 9.18 Å². The first-order valence-electron chi connectivity index (χ1n) is 5.18. The van der Waals surface area contributed by atoms with Gasteiger partial charge in [0, 0.05) is 12.0 Å². The average molecular weight is 204 g/mol. The fraction of sp³-hybridized carbons (Fsp3) is 0.308. The molecule has 1 nitrogen and oxygen atoms in total. The molecule has 0 heterocycles. The van der Waals surface area contributed by atoms with Crippen LogP contribution >= 0.6 is 0 Å². The number of rotatable bonds is 1. The number of Topliss-reactive ketones (excluding diaryl/α,β-unsaturated/α-hetero) is 1. The first-order chi connectivity index (χ1) is 7.18. The Labute approximate surface area is 88.6 Å². The van der Waals surface area contributed by atoms with Gasteiger partial charge in [-0.3, -0.25) is 4.79 Å². The molecule has 78 valence electrons. The molecule has 1 aliphatic rings. The summed E-state index contributed by atoms with van der Waals surface area (Å²) in [7, 11) is 0. The maximum absolute atomic E-state index is 13.3. The van der Waals surface area contributed by atoms with Crippen LogP contribution in [0.2, 0.25) is 0 Å².